The van der Waals surface area contributed by atoms with Crippen molar-refractivity contribution in [1.82, 2.24) is 9.88 Å². The molecule has 6 nitrogen and oxygen atoms in total. The molecule has 1 aromatic heterocycles. The number of hydrogen-bond acceptors (Lipinski definition) is 5. The molecule has 0 spiro atoms. The van der Waals surface area contributed by atoms with Crippen molar-refractivity contribution in [3.8, 4) is 0 Å². The van der Waals surface area contributed by atoms with Crippen LogP contribution in [0.3, 0.4) is 0 Å². The van der Waals surface area contributed by atoms with Crippen molar-refractivity contribution < 1.29 is 4.92 Å². The number of aromatic nitrogens is 1. The second-order valence-electron chi connectivity index (χ2n) is 5.03. The fraction of sp³-hybridized carbons (Fsp3) is 0.583. The number of halogens is 1. The van der Waals surface area contributed by atoms with E-state index < -0.39 is 4.92 Å². The molecule has 2 unspecified atom stereocenters. The quantitative estimate of drug-likeness (QED) is 0.473. The normalized spacial score (nSPS) is 24.5. The van der Waals surface area contributed by atoms with E-state index in [2.05, 4.69) is 30.8 Å². The van der Waals surface area contributed by atoms with Crippen molar-refractivity contribution >= 4 is 23.1 Å². The van der Waals surface area contributed by atoms with Gasteiger partial charge in [0.2, 0.25) is 0 Å². The molecule has 0 N–H and O–H groups in total. The molecule has 1 fully saturated rings. The molecule has 19 heavy (non-hydrogen) atoms. The van der Waals surface area contributed by atoms with Crippen molar-refractivity contribution in [2.75, 3.05) is 25.0 Å². The van der Waals surface area contributed by atoms with Gasteiger partial charge in [0.25, 0.3) is 5.69 Å². The minimum Gasteiger partial charge on any atom is -0.353 e. The summed E-state index contributed by atoms with van der Waals surface area (Å²) in [6.07, 6.45) is 0. The fourth-order valence-electron chi connectivity index (χ4n) is 2.33. The SMILES string of the molecule is CC1CN(c2cc([N+](=O)[O-])cc(Cl)n2)CC(C)N1C. The van der Waals surface area contributed by atoms with Gasteiger partial charge in [0.1, 0.15) is 11.0 Å². The molecular weight excluding hydrogens is 268 g/mol. The van der Waals surface area contributed by atoms with Crippen molar-refractivity contribution in [3.63, 3.8) is 0 Å². The van der Waals surface area contributed by atoms with Crippen LogP contribution in [0.25, 0.3) is 0 Å². The predicted octanol–water partition coefficient (Wildman–Crippen LogP) is 2.17. The van der Waals surface area contributed by atoms with E-state index in [0.29, 0.717) is 17.9 Å². The Morgan fingerprint density at radius 1 is 1.37 bits per heavy atom. The highest BCUT2D eigenvalue weighted by molar-refractivity contribution is 6.29. The Labute approximate surface area is 117 Å². The summed E-state index contributed by atoms with van der Waals surface area (Å²) in [4.78, 5) is 19.0. The Balaban J connectivity index is 2.29. The van der Waals surface area contributed by atoms with Gasteiger partial charge in [-0.05, 0) is 20.9 Å². The van der Waals surface area contributed by atoms with Crippen molar-refractivity contribution in [2.24, 2.45) is 0 Å². The van der Waals surface area contributed by atoms with Crippen LogP contribution in [0.15, 0.2) is 12.1 Å². The Morgan fingerprint density at radius 2 is 1.95 bits per heavy atom. The van der Waals surface area contributed by atoms with Gasteiger partial charge in [-0.3, -0.25) is 15.0 Å². The standard InChI is InChI=1S/C12H17ClN4O2/c1-8-6-16(7-9(2)15(8)3)12-5-10(17(18)19)4-11(13)14-12/h4-5,8-9H,6-7H2,1-3H3. The van der Waals surface area contributed by atoms with E-state index in [-0.39, 0.29) is 10.8 Å². The zero-order valence-electron chi connectivity index (χ0n) is 11.2. The molecule has 0 aromatic carbocycles. The van der Waals surface area contributed by atoms with Gasteiger partial charge in [-0.2, -0.15) is 0 Å². The second-order valence-corrected chi connectivity index (χ2v) is 5.42. The van der Waals surface area contributed by atoms with Gasteiger partial charge in [-0.25, -0.2) is 4.98 Å². The molecule has 0 radical (unpaired) electrons. The lowest BCUT2D eigenvalue weighted by Crippen LogP contribution is -2.55. The third kappa shape index (κ3) is 2.96. The summed E-state index contributed by atoms with van der Waals surface area (Å²) in [7, 11) is 2.08. The molecule has 1 aromatic rings. The summed E-state index contributed by atoms with van der Waals surface area (Å²) in [5, 5.41) is 11.0. The number of hydrogen-bond donors (Lipinski definition) is 0. The molecule has 0 saturated carbocycles. The third-order valence-corrected chi connectivity index (χ3v) is 3.85. The Hall–Kier alpha value is -1.40. The lowest BCUT2D eigenvalue weighted by atomic mass is 10.1. The van der Waals surface area contributed by atoms with Gasteiger partial charge < -0.3 is 4.90 Å². The molecule has 0 aliphatic carbocycles. The van der Waals surface area contributed by atoms with E-state index >= 15 is 0 Å². The van der Waals surface area contributed by atoms with Crippen LogP contribution in [0, 0.1) is 10.1 Å². The van der Waals surface area contributed by atoms with Crippen LogP contribution in [-0.2, 0) is 0 Å². The third-order valence-electron chi connectivity index (χ3n) is 3.66. The Kier molecular flexibility index (Phi) is 3.91. The molecule has 0 amide bonds. The summed E-state index contributed by atoms with van der Waals surface area (Å²) in [5.41, 5.74) is -0.0192. The molecule has 2 atom stereocenters. The first-order valence-corrected chi connectivity index (χ1v) is 6.55. The average Bonchev–Trinajstić information content (AvgIpc) is 2.34. The molecule has 1 saturated heterocycles. The first-order chi connectivity index (χ1) is 8.88. The maximum Gasteiger partial charge on any atom is 0.276 e. The van der Waals surface area contributed by atoms with E-state index in [1.807, 2.05) is 4.90 Å². The smallest absolute Gasteiger partial charge is 0.276 e. The van der Waals surface area contributed by atoms with Crippen LogP contribution in [0.4, 0.5) is 11.5 Å². The van der Waals surface area contributed by atoms with E-state index in [9.17, 15) is 10.1 Å². The summed E-state index contributed by atoms with van der Waals surface area (Å²) in [5.74, 6) is 0.575. The van der Waals surface area contributed by atoms with Crippen LogP contribution in [0.1, 0.15) is 13.8 Å². The summed E-state index contributed by atoms with van der Waals surface area (Å²) < 4.78 is 0. The summed E-state index contributed by atoms with van der Waals surface area (Å²) >= 11 is 5.86. The number of pyridine rings is 1. The highest BCUT2D eigenvalue weighted by atomic mass is 35.5. The van der Waals surface area contributed by atoms with Crippen molar-refractivity contribution in [2.45, 2.75) is 25.9 Å². The topological polar surface area (TPSA) is 62.5 Å². The van der Waals surface area contributed by atoms with Gasteiger partial charge in [-0.1, -0.05) is 11.6 Å². The van der Waals surface area contributed by atoms with Crippen LogP contribution < -0.4 is 4.90 Å². The monoisotopic (exact) mass is 284 g/mol. The van der Waals surface area contributed by atoms with E-state index in [1.165, 1.54) is 12.1 Å². The molecule has 2 rings (SSSR count). The predicted molar refractivity (Wildman–Crippen MR) is 74.8 cm³/mol. The molecular formula is C12H17ClN4O2. The first-order valence-electron chi connectivity index (χ1n) is 6.17. The fourth-order valence-corrected chi connectivity index (χ4v) is 2.53. The van der Waals surface area contributed by atoms with Gasteiger partial charge in [0, 0.05) is 25.2 Å². The van der Waals surface area contributed by atoms with E-state index in [1.54, 1.807) is 0 Å². The Bertz CT molecular complexity index is 485. The molecule has 0 bridgehead atoms. The van der Waals surface area contributed by atoms with Gasteiger partial charge in [0.15, 0.2) is 0 Å². The zero-order valence-corrected chi connectivity index (χ0v) is 12.0. The van der Waals surface area contributed by atoms with Crippen molar-refractivity contribution in [3.05, 3.63) is 27.4 Å². The average molecular weight is 285 g/mol. The van der Waals surface area contributed by atoms with E-state index in [0.717, 1.165) is 13.1 Å². The first kappa shape index (κ1) is 14.0. The summed E-state index contributed by atoms with van der Waals surface area (Å²) in [6.45, 7) is 5.82. The minimum atomic E-state index is -0.444. The number of nitrogens with zero attached hydrogens (tertiary/aromatic N) is 4. The molecule has 7 heteroatoms. The van der Waals surface area contributed by atoms with Crippen LogP contribution in [0.2, 0.25) is 5.15 Å². The number of anilines is 1. The zero-order chi connectivity index (χ0) is 14.2. The van der Waals surface area contributed by atoms with Gasteiger partial charge >= 0.3 is 0 Å². The highest BCUT2D eigenvalue weighted by Gasteiger charge is 2.28. The number of rotatable bonds is 2. The molecule has 2 heterocycles. The number of nitro groups is 1. The lowest BCUT2D eigenvalue weighted by Gasteiger charge is -2.42. The number of likely N-dealkylation sites (N-methyl/N-ethyl adjacent to an activating group) is 1. The van der Waals surface area contributed by atoms with Gasteiger partial charge in [0.05, 0.1) is 17.1 Å². The van der Waals surface area contributed by atoms with Crippen LogP contribution >= 0.6 is 11.6 Å². The molecule has 1 aliphatic heterocycles. The maximum absolute atomic E-state index is 10.9. The van der Waals surface area contributed by atoms with Crippen LogP contribution in [-0.4, -0.2) is 47.0 Å². The minimum absolute atomic E-state index is 0.0192. The Morgan fingerprint density at radius 3 is 2.47 bits per heavy atom. The lowest BCUT2D eigenvalue weighted by molar-refractivity contribution is -0.384. The van der Waals surface area contributed by atoms with Gasteiger partial charge in [-0.15, -0.1) is 0 Å². The van der Waals surface area contributed by atoms with Crippen molar-refractivity contribution in [1.29, 1.82) is 0 Å². The molecule has 1 aliphatic rings. The largest absolute Gasteiger partial charge is 0.353 e. The maximum atomic E-state index is 10.9. The second kappa shape index (κ2) is 5.30. The highest BCUT2D eigenvalue weighted by Crippen LogP contribution is 2.26. The van der Waals surface area contributed by atoms with E-state index in [4.69, 9.17) is 11.6 Å². The number of piperazine rings is 1. The molecule has 104 valence electrons. The van der Waals surface area contributed by atoms with Crippen LogP contribution in [0.5, 0.6) is 0 Å². The summed E-state index contributed by atoms with van der Waals surface area (Å²) in [6, 6.07) is 3.48.